The summed E-state index contributed by atoms with van der Waals surface area (Å²) in [6.45, 7) is 4.98. The number of esters is 1. The Labute approximate surface area is 174 Å². The Hall–Kier alpha value is -1.36. The molecule has 10 atom stereocenters. The zero-order valence-electron chi connectivity index (χ0n) is 17.4. The molecule has 4 aliphatic rings. The van der Waals surface area contributed by atoms with E-state index < -0.39 is 60.9 Å². The lowest BCUT2D eigenvalue weighted by atomic mass is 9.58. The van der Waals surface area contributed by atoms with E-state index in [1.807, 2.05) is 13.8 Å². The Balaban J connectivity index is 1.67. The lowest BCUT2D eigenvalue weighted by Crippen LogP contribution is -2.61. The van der Waals surface area contributed by atoms with Crippen molar-refractivity contribution in [2.45, 2.75) is 82.9 Å². The number of hydrogen-bond donors (Lipinski definition) is 4. The summed E-state index contributed by atoms with van der Waals surface area (Å²) in [5.74, 6) is -1.17. The van der Waals surface area contributed by atoms with E-state index in [9.17, 15) is 30.0 Å². The van der Waals surface area contributed by atoms with E-state index >= 15 is 0 Å². The van der Waals surface area contributed by atoms with Crippen molar-refractivity contribution in [1.29, 1.82) is 0 Å². The number of carbonyl (C=O) groups is 2. The van der Waals surface area contributed by atoms with Gasteiger partial charge in [-0.1, -0.05) is 12.5 Å². The highest BCUT2D eigenvalue weighted by atomic mass is 16.7. The molecule has 1 saturated carbocycles. The summed E-state index contributed by atoms with van der Waals surface area (Å²) in [4.78, 5) is 25.4. The molecule has 30 heavy (non-hydrogen) atoms. The molecule has 0 aromatic heterocycles. The van der Waals surface area contributed by atoms with Gasteiger partial charge in [0, 0.05) is 12.3 Å². The van der Waals surface area contributed by atoms with Crippen LogP contribution in [0.3, 0.4) is 0 Å². The highest BCUT2D eigenvalue weighted by Gasteiger charge is 2.60. The lowest BCUT2D eigenvalue weighted by Gasteiger charge is -2.49. The third-order valence-corrected chi connectivity index (χ3v) is 7.42. The fraction of sp³-hybridized carbons (Fsp3) is 0.810. The van der Waals surface area contributed by atoms with Crippen molar-refractivity contribution >= 4 is 11.8 Å². The molecule has 4 N–H and O–H groups in total. The van der Waals surface area contributed by atoms with E-state index in [0.29, 0.717) is 12.8 Å². The van der Waals surface area contributed by atoms with E-state index in [-0.39, 0.29) is 24.1 Å². The second-order valence-electron chi connectivity index (χ2n) is 9.25. The first-order valence-corrected chi connectivity index (χ1v) is 10.5. The van der Waals surface area contributed by atoms with Crippen LogP contribution in [-0.4, -0.2) is 81.7 Å². The van der Waals surface area contributed by atoms with Crippen molar-refractivity contribution in [2.75, 3.05) is 6.61 Å². The van der Waals surface area contributed by atoms with Crippen LogP contribution in [0.5, 0.6) is 0 Å². The first kappa shape index (κ1) is 21.9. The molecule has 3 fully saturated rings. The quantitative estimate of drug-likeness (QED) is 0.345. The number of aliphatic hydroxyl groups excluding tert-OH is 4. The molecule has 0 unspecified atom stereocenters. The molecular weight excluding hydrogens is 396 g/mol. The molecular formula is C21H30O9. The number of ether oxygens (including phenoxy) is 3. The van der Waals surface area contributed by atoms with Gasteiger partial charge in [0.15, 0.2) is 6.29 Å². The largest absolute Gasteiger partial charge is 0.457 e. The van der Waals surface area contributed by atoms with E-state index in [2.05, 4.69) is 0 Å². The van der Waals surface area contributed by atoms with Crippen LogP contribution < -0.4 is 0 Å². The minimum Gasteiger partial charge on any atom is -0.457 e. The van der Waals surface area contributed by atoms with Gasteiger partial charge >= 0.3 is 5.97 Å². The van der Waals surface area contributed by atoms with Crippen LogP contribution in [0.4, 0.5) is 0 Å². The van der Waals surface area contributed by atoms with E-state index in [0.717, 1.165) is 11.1 Å². The molecule has 0 radical (unpaired) electrons. The highest BCUT2D eigenvalue weighted by Crippen LogP contribution is 2.55. The molecule has 2 saturated heterocycles. The smallest absolute Gasteiger partial charge is 0.309 e. The van der Waals surface area contributed by atoms with Crippen LogP contribution in [0.1, 0.15) is 40.0 Å². The molecule has 9 heteroatoms. The summed E-state index contributed by atoms with van der Waals surface area (Å²) in [7, 11) is 0. The molecule has 168 valence electrons. The molecule has 2 heterocycles. The number of rotatable bonds is 3. The highest BCUT2D eigenvalue weighted by molar-refractivity contribution is 5.90. The third kappa shape index (κ3) is 3.14. The summed E-state index contributed by atoms with van der Waals surface area (Å²) in [5, 5.41) is 39.9. The maximum atomic E-state index is 12.9. The van der Waals surface area contributed by atoms with Gasteiger partial charge in [-0.25, -0.2) is 0 Å². The summed E-state index contributed by atoms with van der Waals surface area (Å²) in [6.07, 6.45) is -6.97. The van der Waals surface area contributed by atoms with Crippen LogP contribution in [0.15, 0.2) is 11.1 Å². The number of allylic oxidation sites excluding steroid dienone is 1. The number of aliphatic hydroxyl groups is 4. The van der Waals surface area contributed by atoms with E-state index in [1.165, 1.54) is 0 Å². The number of fused-ring (bicyclic) bond motifs is 3. The number of hydrogen-bond acceptors (Lipinski definition) is 9. The summed E-state index contributed by atoms with van der Waals surface area (Å²) in [6, 6.07) is 0. The van der Waals surface area contributed by atoms with Crippen LogP contribution in [0.2, 0.25) is 0 Å². The molecule has 0 spiro atoms. The van der Waals surface area contributed by atoms with Gasteiger partial charge in [0.25, 0.3) is 0 Å². The van der Waals surface area contributed by atoms with Crippen LogP contribution in [0.25, 0.3) is 0 Å². The van der Waals surface area contributed by atoms with Crippen molar-refractivity contribution in [2.24, 2.45) is 17.3 Å². The summed E-state index contributed by atoms with van der Waals surface area (Å²) < 4.78 is 17.3. The summed E-state index contributed by atoms with van der Waals surface area (Å²) >= 11 is 0. The number of carbonyl (C=O) groups excluding carboxylic acids is 2. The Morgan fingerprint density at radius 1 is 1.13 bits per heavy atom. The fourth-order valence-electron chi connectivity index (χ4n) is 5.64. The van der Waals surface area contributed by atoms with Gasteiger partial charge in [-0.2, -0.15) is 0 Å². The van der Waals surface area contributed by atoms with Crippen molar-refractivity contribution in [1.82, 2.24) is 0 Å². The average Bonchev–Trinajstić information content (AvgIpc) is 2.99. The fourth-order valence-corrected chi connectivity index (χ4v) is 5.64. The maximum Gasteiger partial charge on any atom is 0.309 e. The van der Waals surface area contributed by atoms with Crippen LogP contribution in [0, 0.1) is 17.3 Å². The van der Waals surface area contributed by atoms with Gasteiger partial charge in [0.1, 0.15) is 36.3 Å². The van der Waals surface area contributed by atoms with Gasteiger partial charge in [-0.05, 0) is 32.3 Å². The zero-order chi connectivity index (χ0) is 22.0. The summed E-state index contributed by atoms with van der Waals surface area (Å²) in [5.41, 5.74) is 1.06. The predicted molar refractivity (Wildman–Crippen MR) is 101 cm³/mol. The van der Waals surface area contributed by atoms with Gasteiger partial charge in [0.05, 0.1) is 24.0 Å². The molecule has 0 amide bonds. The Morgan fingerprint density at radius 2 is 1.83 bits per heavy atom. The van der Waals surface area contributed by atoms with Crippen molar-refractivity contribution in [3.63, 3.8) is 0 Å². The SMILES string of the molecule is CC1=C2[C@H]3OC(=O)[C@@H](C)[C@@H]3[C@@H](O[C@H]3O[C@@H](CO)[C@H](O)[C@@H](O)[C@@H]3O)C[C@@]2(C)C(=O)CC1. The Morgan fingerprint density at radius 3 is 2.50 bits per heavy atom. The standard InChI is InChI=1S/C21H30O9/c1-8-4-5-12(23)21(3)6-10(13-9(2)19(27)30-18(13)14(8)21)28-20-17(26)16(25)15(24)11(7-22)29-20/h9-11,13,15-18,20,22,24-26H,4-7H2,1-3H3/t9-,10-,11-,13+,15-,16+,17-,18-,20-,21-/m0/s1. The molecule has 2 aliphatic carbocycles. The Kier molecular flexibility index (Phi) is 5.57. The molecule has 0 bridgehead atoms. The zero-order valence-corrected chi connectivity index (χ0v) is 17.4. The van der Waals surface area contributed by atoms with Crippen LogP contribution >= 0.6 is 0 Å². The molecule has 0 aromatic carbocycles. The Bertz CT molecular complexity index is 762. The molecule has 2 aliphatic heterocycles. The van der Waals surface area contributed by atoms with Crippen LogP contribution in [-0.2, 0) is 23.8 Å². The average molecular weight is 426 g/mol. The normalized spacial score (nSPS) is 49.0. The van der Waals surface area contributed by atoms with Crippen molar-refractivity contribution < 1.29 is 44.2 Å². The second kappa shape index (κ2) is 7.65. The van der Waals surface area contributed by atoms with Gasteiger partial charge in [-0.15, -0.1) is 0 Å². The second-order valence-corrected chi connectivity index (χ2v) is 9.25. The first-order chi connectivity index (χ1) is 14.1. The van der Waals surface area contributed by atoms with E-state index in [1.54, 1.807) is 6.92 Å². The predicted octanol–water partition coefficient (Wildman–Crippen LogP) is -0.561. The monoisotopic (exact) mass is 426 g/mol. The molecule has 0 aromatic rings. The van der Waals surface area contributed by atoms with E-state index in [4.69, 9.17) is 14.2 Å². The first-order valence-electron chi connectivity index (χ1n) is 10.5. The van der Waals surface area contributed by atoms with Gasteiger partial charge in [-0.3, -0.25) is 9.59 Å². The molecule has 4 rings (SSSR count). The minimum absolute atomic E-state index is 0.0551. The lowest BCUT2D eigenvalue weighted by molar-refractivity contribution is -0.319. The number of ketones is 1. The maximum absolute atomic E-state index is 12.9. The van der Waals surface area contributed by atoms with Gasteiger partial charge < -0.3 is 34.6 Å². The van der Waals surface area contributed by atoms with Crippen molar-refractivity contribution in [3.8, 4) is 0 Å². The number of Topliss-reactive ketones (excluding diaryl/α,β-unsaturated/α-hetero) is 1. The minimum atomic E-state index is -1.57. The third-order valence-electron chi connectivity index (χ3n) is 7.42. The van der Waals surface area contributed by atoms with Crippen molar-refractivity contribution in [3.05, 3.63) is 11.1 Å². The van der Waals surface area contributed by atoms with Gasteiger partial charge in [0.2, 0.25) is 0 Å². The molecule has 9 nitrogen and oxygen atoms in total. The topological polar surface area (TPSA) is 143 Å².